The largest absolute Gasteiger partial charge is 0.447 e. The van der Waals surface area contributed by atoms with Crippen LogP contribution in [0.5, 0.6) is 0 Å². The standard InChI is InChI=1S/C15H20N2O3/c1-11(2)16(3)14(18)9-17-13(10-20-15(17)19)12-7-5-4-6-8-12/h4-8,11,13H,9-10H2,1-3H3/t13-/m1/s1. The molecule has 1 aliphatic heterocycles. The first-order chi connectivity index (χ1) is 9.50. The minimum atomic E-state index is -0.427. The number of carbonyl (C=O) groups is 2. The summed E-state index contributed by atoms with van der Waals surface area (Å²) in [6, 6.07) is 9.55. The van der Waals surface area contributed by atoms with Gasteiger partial charge < -0.3 is 9.64 Å². The molecule has 0 bridgehead atoms. The van der Waals surface area contributed by atoms with Gasteiger partial charge in [0, 0.05) is 13.1 Å². The van der Waals surface area contributed by atoms with Crippen molar-refractivity contribution in [2.75, 3.05) is 20.2 Å². The van der Waals surface area contributed by atoms with Crippen molar-refractivity contribution in [3.63, 3.8) is 0 Å². The first-order valence-corrected chi connectivity index (χ1v) is 6.74. The van der Waals surface area contributed by atoms with Crippen LogP contribution in [0.25, 0.3) is 0 Å². The summed E-state index contributed by atoms with van der Waals surface area (Å²) in [4.78, 5) is 27.1. The fraction of sp³-hybridized carbons (Fsp3) is 0.467. The number of benzene rings is 1. The first kappa shape index (κ1) is 14.4. The normalized spacial score (nSPS) is 18.3. The van der Waals surface area contributed by atoms with Crippen LogP contribution in [-0.2, 0) is 9.53 Å². The predicted octanol–water partition coefficient (Wildman–Crippen LogP) is 2.05. The van der Waals surface area contributed by atoms with Gasteiger partial charge in [-0.05, 0) is 19.4 Å². The van der Waals surface area contributed by atoms with Gasteiger partial charge in [-0.15, -0.1) is 0 Å². The Morgan fingerprint density at radius 2 is 2.05 bits per heavy atom. The van der Waals surface area contributed by atoms with Crippen molar-refractivity contribution in [1.29, 1.82) is 0 Å². The van der Waals surface area contributed by atoms with Crippen LogP contribution in [0.2, 0.25) is 0 Å². The van der Waals surface area contributed by atoms with Gasteiger partial charge in [0.15, 0.2) is 0 Å². The lowest BCUT2D eigenvalue weighted by molar-refractivity contribution is -0.132. The smallest absolute Gasteiger partial charge is 0.410 e. The molecule has 0 aromatic heterocycles. The van der Waals surface area contributed by atoms with Crippen molar-refractivity contribution >= 4 is 12.0 Å². The molecule has 2 amide bonds. The molecule has 1 aromatic rings. The van der Waals surface area contributed by atoms with Gasteiger partial charge in [0.1, 0.15) is 13.2 Å². The minimum Gasteiger partial charge on any atom is -0.447 e. The van der Waals surface area contributed by atoms with Crippen LogP contribution in [0, 0.1) is 0 Å². The van der Waals surface area contributed by atoms with Gasteiger partial charge in [-0.1, -0.05) is 30.3 Å². The fourth-order valence-electron chi connectivity index (χ4n) is 2.12. The zero-order valence-electron chi connectivity index (χ0n) is 12.1. The van der Waals surface area contributed by atoms with Crippen molar-refractivity contribution < 1.29 is 14.3 Å². The van der Waals surface area contributed by atoms with Gasteiger partial charge in [-0.2, -0.15) is 0 Å². The van der Waals surface area contributed by atoms with E-state index in [2.05, 4.69) is 0 Å². The second-order valence-electron chi connectivity index (χ2n) is 5.23. The Morgan fingerprint density at radius 1 is 1.40 bits per heavy atom. The highest BCUT2D eigenvalue weighted by Gasteiger charge is 2.35. The number of rotatable bonds is 4. The molecule has 5 heteroatoms. The fourth-order valence-corrected chi connectivity index (χ4v) is 2.12. The highest BCUT2D eigenvalue weighted by atomic mass is 16.6. The summed E-state index contributed by atoms with van der Waals surface area (Å²) in [7, 11) is 1.74. The summed E-state index contributed by atoms with van der Waals surface area (Å²) in [5.74, 6) is -0.0835. The van der Waals surface area contributed by atoms with E-state index in [1.54, 1.807) is 11.9 Å². The summed E-state index contributed by atoms with van der Waals surface area (Å²) in [5.41, 5.74) is 0.985. The molecule has 1 atom stereocenters. The molecule has 0 spiro atoms. The van der Waals surface area contributed by atoms with Crippen LogP contribution in [0.3, 0.4) is 0 Å². The maximum atomic E-state index is 12.1. The molecule has 0 unspecified atom stereocenters. The molecule has 0 N–H and O–H groups in total. The summed E-state index contributed by atoms with van der Waals surface area (Å²) in [6.07, 6.45) is -0.427. The third kappa shape index (κ3) is 2.92. The molecular formula is C15H20N2O3. The van der Waals surface area contributed by atoms with Crippen LogP contribution >= 0.6 is 0 Å². The SMILES string of the molecule is CC(C)N(C)C(=O)CN1C(=O)OC[C@@H]1c1ccccc1. The van der Waals surface area contributed by atoms with Crippen LogP contribution < -0.4 is 0 Å². The molecular weight excluding hydrogens is 256 g/mol. The molecule has 5 nitrogen and oxygen atoms in total. The van der Waals surface area contributed by atoms with Crippen LogP contribution in [0.15, 0.2) is 30.3 Å². The molecule has 1 fully saturated rings. The van der Waals surface area contributed by atoms with Crippen molar-refractivity contribution in [1.82, 2.24) is 9.80 Å². The Labute approximate surface area is 119 Å². The Hall–Kier alpha value is -2.04. The van der Waals surface area contributed by atoms with E-state index >= 15 is 0 Å². The lowest BCUT2D eigenvalue weighted by Gasteiger charge is -2.26. The number of amides is 2. The van der Waals surface area contributed by atoms with E-state index < -0.39 is 6.09 Å². The maximum absolute atomic E-state index is 12.1. The first-order valence-electron chi connectivity index (χ1n) is 6.74. The number of hydrogen-bond donors (Lipinski definition) is 0. The molecule has 0 aliphatic carbocycles. The van der Waals surface area contributed by atoms with Gasteiger partial charge in [-0.3, -0.25) is 9.69 Å². The molecule has 0 saturated carbocycles. The molecule has 0 radical (unpaired) electrons. The quantitative estimate of drug-likeness (QED) is 0.845. The summed E-state index contributed by atoms with van der Waals surface area (Å²) < 4.78 is 5.09. The average molecular weight is 276 g/mol. The zero-order valence-corrected chi connectivity index (χ0v) is 12.1. The van der Waals surface area contributed by atoms with E-state index in [4.69, 9.17) is 4.74 Å². The predicted molar refractivity (Wildman–Crippen MR) is 75.1 cm³/mol. The van der Waals surface area contributed by atoms with Crippen LogP contribution in [-0.4, -0.2) is 48.0 Å². The monoisotopic (exact) mass is 276 g/mol. The van der Waals surface area contributed by atoms with Crippen molar-refractivity contribution in [3.8, 4) is 0 Å². The van der Waals surface area contributed by atoms with Crippen molar-refractivity contribution in [2.45, 2.75) is 25.9 Å². The topological polar surface area (TPSA) is 49.9 Å². The number of nitrogens with zero attached hydrogens (tertiary/aromatic N) is 2. The zero-order chi connectivity index (χ0) is 14.7. The second kappa shape index (κ2) is 5.94. The lowest BCUT2D eigenvalue weighted by Crippen LogP contribution is -2.42. The molecule has 1 aromatic carbocycles. The van der Waals surface area contributed by atoms with E-state index in [0.717, 1.165) is 5.56 Å². The summed E-state index contributed by atoms with van der Waals surface area (Å²) in [6.45, 7) is 4.22. The molecule has 1 heterocycles. The Morgan fingerprint density at radius 3 is 2.65 bits per heavy atom. The number of ether oxygens (including phenoxy) is 1. The van der Waals surface area contributed by atoms with Crippen LogP contribution in [0.4, 0.5) is 4.79 Å². The molecule has 1 saturated heterocycles. The van der Waals surface area contributed by atoms with E-state index in [1.165, 1.54) is 4.90 Å². The lowest BCUT2D eigenvalue weighted by atomic mass is 10.1. The van der Waals surface area contributed by atoms with Crippen LogP contribution in [0.1, 0.15) is 25.5 Å². The van der Waals surface area contributed by atoms with Gasteiger partial charge >= 0.3 is 6.09 Å². The van der Waals surface area contributed by atoms with E-state index in [0.29, 0.717) is 6.61 Å². The molecule has 108 valence electrons. The van der Waals surface area contributed by atoms with Gasteiger partial charge in [-0.25, -0.2) is 4.79 Å². The average Bonchev–Trinajstić information content (AvgIpc) is 2.80. The maximum Gasteiger partial charge on any atom is 0.410 e. The third-order valence-electron chi connectivity index (χ3n) is 3.63. The molecule has 1 aliphatic rings. The van der Waals surface area contributed by atoms with Gasteiger partial charge in [0.25, 0.3) is 0 Å². The molecule has 2 rings (SSSR count). The third-order valence-corrected chi connectivity index (χ3v) is 3.63. The highest BCUT2D eigenvalue weighted by molar-refractivity contribution is 5.83. The van der Waals surface area contributed by atoms with Crippen molar-refractivity contribution in [2.24, 2.45) is 0 Å². The van der Waals surface area contributed by atoms with Gasteiger partial charge in [0.2, 0.25) is 5.91 Å². The van der Waals surface area contributed by atoms with E-state index in [1.807, 2.05) is 44.2 Å². The minimum absolute atomic E-state index is 0.0487. The summed E-state index contributed by atoms with van der Waals surface area (Å²) >= 11 is 0. The van der Waals surface area contributed by atoms with Crippen molar-refractivity contribution in [3.05, 3.63) is 35.9 Å². The highest BCUT2D eigenvalue weighted by Crippen LogP contribution is 2.27. The Balaban J connectivity index is 2.12. The Kier molecular flexibility index (Phi) is 4.27. The second-order valence-corrected chi connectivity index (χ2v) is 5.23. The van der Waals surface area contributed by atoms with Gasteiger partial charge in [0.05, 0.1) is 6.04 Å². The van der Waals surface area contributed by atoms with E-state index in [-0.39, 0.29) is 24.5 Å². The number of carbonyl (C=O) groups excluding carboxylic acids is 2. The summed E-state index contributed by atoms with van der Waals surface area (Å²) in [5, 5.41) is 0. The molecule has 20 heavy (non-hydrogen) atoms. The van der Waals surface area contributed by atoms with E-state index in [9.17, 15) is 9.59 Å². The number of hydrogen-bond acceptors (Lipinski definition) is 3. The number of likely N-dealkylation sites (N-methyl/N-ethyl adjacent to an activating group) is 1. The Bertz CT molecular complexity index is 487. The number of cyclic esters (lactones) is 1.